The van der Waals surface area contributed by atoms with E-state index in [1.807, 2.05) is 18.2 Å². The molecule has 3 heteroatoms. The van der Waals surface area contributed by atoms with Crippen LogP contribution in [-0.4, -0.2) is 19.8 Å². The lowest BCUT2D eigenvalue weighted by Crippen LogP contribution is -2.43. The number of nitrogens with one attached hydrogen (secondary N) is 1. The summed E-state index contributed by atoms with van der Waals surface area (Å²) in [5, 5.41) is 12.7. The molecule has 1 fully saturated rings. The molecular weight excluding hydrogens is 296 g/mol. The van der Waals surface area contributed by atoms with Crippen LogP contribution >= 0.6 is 0 Å². The summed E-state index contributed by atoms with van der Waals surface area (Å²) < 4.78 is 5.62. The van der Waals surface area contributed by atoms with Gasteiger partial charge in [-0.1, -0.05) is 36.4 Å². The van der Waals surface area contributed by atoms with E-state index in [0.29, 0.717) is 5.56 Å². The van der Waals surface area contributed by atoms with Crippen LogP contribution in [0.2, 0.25) is 0 Å². The van der Waals surface area contributed by atoms with E-state index in [2.05, 4.69) is 48.6 Å². The van der Waals surface area contributed by atoms with Crippen molar-refractivity contribution in [2.75, 3.05) is 19.8 Å². The number of nitrogens with zero attached hydrogens (tertiary/aromatic N) is 1. The molecule has 0 spiro atoms. The van der Waals surface area contributed by atoms with E-state index >= 15 is 0 Å². The smallest absolute Gasteiger partial charge is 0.0991 e. The lowest BCUT2D eigenvalue weighted by atomic mass is 9.72. The Kier molecular flexibility index (Phi) is 5.30. The van der Waals surface area contributed by atoms with Gasteiger partial charge < -0.3 is 10.1 Å². The van der Waals surface area contributed by atoms with Gasteiger partial charge in [0.2, 0.25) is 0 Å². The molecular formula is C21H24N2O. The molecule has 0 unspecified atom stereocenters. The highest BCUT2D eigenvalue weighted by molar-refractivity contribution is 5.35. The minimum absolute atomic E-state index is 0.135. The molecule has 0 aromatic heterocycles. The molecule has 1 saturated heterocycles. The summed E-state index contributed by atoms with van der Waals surface area (Å²) in [6.07, 6.45) is 2.09. The zero-order chi connectivity index (χ0) is 16.8. The van der Waals surface area contributed by atoms with E-state index in [4.69, 9.17) is 10.00 Å². The molecule has 3 nitrogen and oxygen atoms in total. The van der Waals surface area contributed by atoms with Crippen molar-refractivity contribution in [1.82, 2.24) is 5.32 Å². The van der Waals surface area contributed by atoms with Gasteiger partial charge in [-0.25, -0.2) is 0 Å². The van der Waals surface area contributed by atoms with E-state index in [0.717, 1.165) is 44.7 Å². The summed E-state index contributed by atoms with van der Waals surface area (Å²) in [5.41, 5.74) is 4.80. The topological polar surface area (TPSA) is 45.0 Å². The predicted octanol–water partition coefficient (Wildman–Crippen LogP) is 3.70. The van der Waals surface area contributed by atoms with Crippen molar-refractivity contribution < 1.29 is 4.74 Å². The van der Waals surface area contributed by atoms with Crippen LogP contribution in [0.4, 0.5) is 0 Å². The first-order valence-corrected chi connectivity index (χ1v) is 8.57. The highest BCUT2D eigenvalue weighted by Crippen LogP contribution is 2.36. The Morgan fingerprint density at radius 2 is 1.92 bits per heavy atom. The summed E-state index contributed by atoms with van der Waals surface area (Å²) >= 11 is 0. The van der Waals surface area contributed by atoms with Crippen molar-refractivity contribution in [3.05, 3.63) is 70.8 Å². The second-order valence-electron chi connectivity index (χ2n) is 6.62. The molecule has 24 heavy (non-hydrogen) atoms. The van der Waals surface area contributed by atoms with Crippen molar-refractivity contribution in [2.24, 2.45) is 0 Å². The predicted molar refractivity (Wildman–Crippen MR) is 95.8 cm³/mol. The highest BCUT2D eigenvalue weighted by Gasteiger charge is 2.35. The van der Waals surface area contributed by atoms with Crippen LogP contribution in [0, 0.1) is 18.3 Å². The summed E-state index contributed by atoms with van der Waals surface area (Å²) in [6.45, 7) is 5.55. The number of hydrogen-bond donors (Lipinski definition) is 1. The van der Waals surface area contributed by atoms with E-state index < -0.39 is 0 Å². The van der Waals surface area contributed by atoms with Gasteiger partial charge in [0.1, 0.15) is 0 Å². The SMILES string of the molecule is Cc1ccccc1C1(CNCc2cccc(C#N)c2)CCOCC1. The van der Waals surface area contributed by atoms with Gasteiger partial charge >= 0.3 is 0 Å². The second-order valence-corrected chi connectivity index (χ2v) is 6.62. The molecule has 124 valence electrons. The Morgan fingerprint density at radius 3 is 2.67 bits per heavy atom. The van der Waals surface area contributed by atoms with Crippen LogP contribution in [0.25, 0.3) is 0 Å². The average Bonchev–Trinajstić information content (AvgIpc) is 2.63. The Labute approximate surface area is 144 Å². The summed E-state index contributed by atoms with van der Waals surface area (Å²) in [5.74, 6) is 0. The third kappa shape index (κ3) is 3.67. The first-order chi connectivity index (χ1) is 11.7. The van der Waals surface area contributed by atoms with E-state index in [1.165, 1.54) is 11.1 Å². The van der Waals surface area contributed by atoms with E-state index in [1.54, 1.807) is 0 Å². The van der Waals surface area contributed by atoms with Crippen molar-refractivity contribution in [3.8, 4) is 6.07 Å². The summed E-state index contributed by atoms with van der Waals surface area (Å²) in [6, 6.07) is 18.7. The van der Waals surface area contributed by atoms with Crippen LogP contribution in [0.1, 0.15) is 35.1 Å². The highest BCUT2D eigenvalue weighted by atomic mass is 16.5. The van der Waals surface area contributed by atoms with Gasteiger partial charge in [0, 0.05) is 31.7 Å². The van der Waals surface area contributed by atoms with Gasteiger partial charge in [-0.05, 0) is 48.6 Å². The molecule has 1 aliphatic rings. The van der Waals surface area contributed by atoms with Crippen LogP contribution in [0.3, 0.4) is 0 Å². The van der Waals surface area contributed by atoms with Gasteiger partial charge in [-0.2, -0.15) is 5.26 Å². The van der Waals surface area contributed by atoms with Crippen molar-refractivity contribution in [2.45, 2.75) is 31.7 Å². The Bertz CT molecular complexity index is 727. The zero-order valence-corrected chi connectivity index (χ0v) is 14.2. The minimum atomic E-state index is 0.135. The van der Waals surface area contributed by atoms with Crippen LogP contribution in [-0.2, 0) is 16.7 Å². The fourth-order valence-electron chi connectivity index (χ4n) is 3.67. The normalized spacial score (nSPS) is 16.5. The van der Waals surface area contributed by atoms with Gasteiger partial charge in [-0.15, -0.1) is 0 Å². The van der Waals surface area contributed by atoms with Gasteiger partial charge in [0.05, 0.1) is 11.6 Å². The largest absolute Gasteiger partial charge is 0.381 e. The number of benzene rings is 2. The molecule has 2 aromatic carbocycles. The van der Waals surface area contributed by atoms with Crippen LogP contribution in [0.5, 0.6) is 0 Å². The molecule has 1 heterocycles. The maximum Gasteiger partial charge on any atom is 0.0991 e. The van der Waals surface area contributed by atoms with Gasteiger partial charge in [0.25, 0.3) is 0 Å². The maximum absolute atomic E-state index is 9.03. The van der Waals surface area contributed by atoms with Crippen molar-refractivity contribution >= 4 is 0 Å². The molecule has 0 aliphatic carbocycles. The second kappa shape index (κ2) is 7.61. The lowest BCUT2D eigenvalue weighted by molar-refractivity contribution is 0.0496. The van der Waals surface area contributed by atoms with E-state index in [-0.39, 0.29) is 5.41 Å². The lowest BCUT2D eigenvalue weighted by Gasteiger charge is -2.39. The number of rotatable bonds is 5. The number of ether oxygens (including phenoxy) is 1. The Hall–Kier alpha value is -2.15. The summed E-state index contributed by atoms with van der Waals surface area (Å²) in [7, 11) is 0. The van der Waals surface area contributed by atoms with Crippen LogP contribution < -0.4 is 5.32 Å². The van der Waals surface area contributed by atoms with E-state index in [9.17, 15) is 0 Å². The third-order valence-electron chi connectivity index (χ3n) is 5.01. The standard InChI is InChI=1S/C21H24N2O/c1-17-5-2-3-8-20(17)21(9-11-24-12-10-21)16-23-15-19-7-4-6-18(13-19)14-22/h2-8,13,23H,9-12,15-16H2,1H3. The fourth-order valence-corrected chi connectivity index (χ4v) is 3.67. The number of hydrogen-bond acceptors (Lipinski definition) is 3. The molecule has 0 atom stereocenters. The average molecular weight is 320 g/mol. The molecule has 2 aromatic rings. The monoisotopic (exact) mass is 320 g/mol. The first kappa shape index (κ1) is 16.7. The quantitative estimate of drug-likeness (QED) is 0.913. The molecule has 0 amide bonds. The third-order valence-corrected chi connectivity index (χ3v) is 5.01. The Morgan fingerprint density at radius 1 is 1.12 bits per heavy atom. The molecule has 1 N–H and O–H groups in total. The van der Waals surface area contributed by atoms with Gasteiger partial charge in [0.15, 0.2) is 0 Å². The number of aryl methyl sites for hydroxylation is 1. The zero-order valence-electron chi connectivity index (χ0n) is 14.2. The first-order valence-electron chi connectivity index (χ1n) is 8.57. The maximum atomic E-state index is 9.03. The summed E-state index contributed by atoms with van der Waals surface area (Å²) in [4.78, 5) is 0. The van der Waals surface area contributed by atoms with Crippen LogP contribution in [0.15, 0.2) is 48.5 Å². The Balaban J connectivity index is 1.73. The molecule has 1 aliphatic heterocycles. The fraction of sp³-hybridized carbons (Fsp3) is 0.381. The molecule has 3 rings (SSSR count). The van der Waals surface area contributed by atoms with Gasteiger partial charge in [-0.3, -0.25) is 0 Å². The minimum Gasteiger partial charge on any atom is -0.381 e. The van der Waals surface area contributed by atoms with Crippen molar-refractivity contribution in [1.29, 1.82) is 5.26 Å². The number of nitriles is 1. The molecule has 0 radical (unpaired) electrons. The van der Waals surface area contributed by atoms with Crippen molar-refractivity contribution in [3.63, 3.8) is 0 Å². The molecule has 0 bridgehead atoms. The molecule has 0 saturated carbocycles.